The largest absolute Gasteiger partial charge is 0.375 e. The second kappa shape index (κ2) is 7.92. The van der Waals surface area contributed by atoms with Crippen molar-refractivity contribution in [1.29, 1.82) is 0 Å². The highest BCUT2D eigenvalue weighted by atomic mass is 32.1. The minimum absolute atomic E-state index is 0.0532. The molecule has 4 aromatic carbocycles. The lowest BCUT2D eigenvalue weighted by Gasteiger charge is -2.38. The van der Waals surface area contributed by atoms with Gasteiger partial charge in [-0.3, -0.25) is 0 Å². The molecule has 0 bridgehead atoms. The predicted molar refractivity (Wildman–Crippen MR) is 175 cm³/mol. The topological polar surface area (TPSA) is 8.17 Å². The third-order valence-corrected chi connectivity index (χ3v) is 9.96. The quantitative estimate of drug-likeness (QED) is 0.190. The summed E-state index contributed by atoms with van der Waals surface area (Å²) in [6, 6.07) is 32.0. The summed E-state index contributed by atoms with van der Waals surface area (Å²) in [5.74, 6) is 0. The van der Waals surface area contributed by atoms with Crippen molar-refractivity contribution >= 4 is 68.0 Å². The average molecular weight is 537 g/mol. The van der Waals surface area contributed by atoms with Crippen LogP contribution in [0.4, 0.5) is 17.1 Å². The van der Waals surface area contributed by atoms with Gasteiger partial charge in [0.1, 0.15) is 0 Å². The van der Waals surface area contributed by atoms with E-state index >= 15 is 0 Å². The average Bonchev–Trinajstić information content (AvgIpc) is 3.51. The summed E-state index contributed by atoms with van der Waals surface area (Å²) in [6.07, 6.45) is 0. The molecule has 4 heterocycles. The number of thiophene rings is 1. The molecule has 2 aliphatic rings. The van der Waals surface area contributed by atoms with Crippen LogP contribution in [0.2, 0.25) is 0 Å². The van der Waals surface area contributed by atoms with Crippen LogP contribution in [0, 0.1) is 0 Å². The number of para-hydroxylation sites is 2. The molecule has 0 atom stereocenters. The number of benzene rings is 4. The molecule has 0 amide bonds. The van der Waals surface area contributed by atoms with E-state index in [-0.39, 0.29) is 17.7 Å². The monoisotopic (exact) mass is 536 g/mol. The number of aromatic nitrogens is 1. The van der Waals surface area contributed by atoms with Crippen LogP contribution >= 0.6 is 11.3 Å². The van der Waals surface area contributed by atoms with Gasteiger partial charge in [0.2, 0.25) is 0 Å². The molecule has 0 fully saturated rings. The molecular weight excluding hydrogens is 503 g/mol. The number of rotatable bonds is 1. The Hall–Kier alpha value is -3.76. The Kier molecular flexibility index (Phi) is 4.77. The van der Waals surface area contributed by atoms with Crippen LogP contribution in [-0.2, 0) is 10.8 Å². The summed E-state index contributed by atoms with van der Waals surface area (Å²) in [4.78, 5) is 3.89. The van der Waals surface area contributed by atoms with Crippen LogP contribution in [-0.4, -0.2) is 11.3 Å². The third kappa shape index (κ3) is 3.17. The molecule has 0 saturated heterocycles. The lowest BCUT2D eigenvalue weighted by Crippen LogP contribution is -2.55. The van der Waals surface area contributed by atoms with E-state index in [4.69, 9.17) is 0 Å². The Bertz CT molecular complexity index is 1980. The number of hydrogen-bond donors (Lipinski definition) is 0. The molecule has 2 aliphatic heterocycles. The summed E-state index contributed by atoms with van der Waals surface area (Å²) in [5, 5.41) is 5.14. The van der Waals surface area contributed by atoms with Crippen molar-refractivity contribution in [3.63, 3.8) is 0 Å². The Labute approximate surface area is 241 Å². The predicted octanol–water partition coefficient (Wildman–Crippen LogP) is 8.87. The van der Waals surface area contributed by atoms with Gasteiger partial charge < -0.3 is 9.38 Å². The van der Waals surface area contributed by atoms with Gasteiger partial charge >= 0.3 is 6.85 Å². The van der Waals surface area contributed by atoms with Gasteiger partial charge in [-0.25, -0.2) is 0 Å². The first-order valence-corrected chi connectivity index (χ1v) is 15.2. The Morgan fingerprint density at radius 3 is 2.12 bits per heavy atom. The lowest BCUT2D eigenvalue weighted by atomic mass is 9.46. The van der Waals surface area contributed by atoms with E-state index in [0.717, 1.165) is 0 Å². The standard InChI is InChI=1S/C36H33BN2S/c1-35(2,3)22-16-17-29-25(18-22)26-19-23(36(4,5)6)20-27-33(26)39(29)37-28-14-10-11-15-30(28)38(24-12-8-7-9-13-24)31-21-40-34(27)32(31)37/h7-21H,1-6H3. The summed E-state index contributed by atoms with van der Waals surface area (Å²) < 4.78 is 2.67. The Balaban J connectivity index is 1.53. The highest BCUT2D eigenvalue weighted by molar-refractivity contribution is 7.17. The summed E-state index contributed by atoms with van der Waals surface area (Å²) in [6.45, 7) is 14.1. The number of fused-ring (bicyclic) bond motifs is 7. The molecular formula is C36H33BN2S. The molecule has 2 nitrogen and oxygen atoms in total. The van der Waals surface area contributed by atoms with Gasteiger partial charge in [-0.2, -0.15) is 0 Å². The van der Waals surface area contributed by atoms with Crippen LogP contribution in [0.1, 0.15) is 52.7 Å². The molecule has 6 aromatic rings. The van der Waals surface area contributed by atoms with Crippen LogP contribution < -0.4 is 15.8 Å². The highest BCUT2D eigenvalue weighted by Crippen LogP contribution is 2.49. The van der Waals surface area contributed by atoms with Gasteiger partial charge in [-0.1, -0.05) is 84.0 Å². The second-order valence-electron chi connectivity index (χ2n) is 13.5. The zero-order valence-electron chi connectivity index (χ0n) is 24.0. The fraction of sp³-hybridized carbons (Fsp3) is 0.222. The first kappa shape index (κ1) is 24.1. The van der Waals surface area contributed by atoms with Crippen LogP contribution in [0.25, 0.3) is 32.2 Å². The molecule has 40 heavy (non-hydrogen) atoms. The van der Waals surface area contributed by atoms with E-state index in [9.17, 15) is 0 Å². The van der Waals surface area contributed by atoms with E-state index in [2.05, 4.69) is 141 Å². The number of hydrogen-bond acceptors (Lipinski definition) is 2. The van der Waals surface area contributed by atoms with Gasteiger partial charge in [0.15, 0.2) is 0 Å². The van der Waals surface area contributed by atoms with Crippen molar-refractivity contribution in [1.82, 2.24) is 4.48 Å². The van der Waals surface area contributed by atoms with Gasteiger partial charge in [0.25, 0.3) is 0 Å². The summed E-state index contributed by atoms with van der Waals surface area (Å²) in [5.41, 5.74) is 13.6. The van der Waals surface area contributed by atoms with Crippen molar-refractivity contribution in [2.45, 2.75) is 52.4 Å². The van der Waals surface area contributed by atoms with Crippen molar-refractivity contribution in [3.8, 4) is 10.4 Å². The maximum atomic E-state index is 2.67. The minimum atomic E-state index is 0.0532. The molecule has 2 aromatic heterocycles. The van der Waals surface area contributed by atoms with Crippen LogP contribution in [0.15, 0.2) is 90.3 Å². The van der Waals surface area contributed by atoms with E-state index in [0.29, 0.717) is 0 Å². The lowest BCUT2D eigenvalue weighted by molar-refractivity contribution is 0.590. The Morgan fingerprint density at radius 1 is 0.675 bits per heavy atom. The zero-order chi connectivity index (χ0) is 27.6. The van der Waals surface area contributed by atoms with E-state index in [1.54, 1.807) is 0 Å². The molecule has 8 rings (SSSR count). The third-order valence-electron chi connectivity index (χ3n) is 8.94. The summed E-state index contributed by atoms with van der Waals surface area (Å²) in [7, 11) is 0. The van der Waals surface area contributed by atoms with E-state index < -0.39 is 0 Å². The van der Waals surface area contributed by atoms with Gasteiger partial charge in [-0.15, -0.1) is 11.3 Å². The van der Waals surface area contributed by atoms with Crippen molar-refractivity contribution < 1.29 is 0 Å². The number of nitrogens with zero attached hydrogens (tertiary/aromatic N) is 2. The zero-order valence-corrected chi connectivity index (χ0v) is 24.9. The van der Waals surface area contributed by atoms with Crippen molar-refractivity contribution in [3.05, 3.63) is 101 Å². The molecule has 0 unspecified atom stereocenters. The first-order valence-electron chi connectivity index (χ1n) is 14.3. The molecule has 0 aliphatic carbocycles. The highest BCUT2D eigenvalue weighted by Gasteiger charge is 2.44. The molecule has 4 heteroatoms. The second-order valence-corrected chi connectivity index (χ2v) is 14.4. The van der Waals surface area contributed by atoms with Crippen LogP contribution in [0.5, 0.6) is 0 Å². The Morgan fingerprint density at radius 2 is 1.38 bits per heavy atom. The fourth-order valence-electron chi connectivity index (χ4n) is 6.86. The molecule has 0 N–H and O–H groups in total. The fourth-order valence-corrected chi connectivity index (χ4v) is 7.95. The van der Waals surface area contributed by atoms with Gasteiger partial charge in [0, 0.05) is 49.0 Å². The first-order chi connectivity index (χ1) is 19.1. The van der Waals surface area contributed by atoms with Gasteiger partial charge in [-0.05, 0) is 75.3 Å². The SMILES string of the molecule is CC(C)(C)c1ccc2c(c1)c1cc(C(C)(C)C)cc3c1n2B1c2ccccc2N(c2ccccc2)c2csc-3c21. The number of anilines is 3. The molecule has 0 saturated carbocycles. The van der Waals surface area contributed by atoms with E-state index in [1.165, 1.54) is 71.4 Å². The molecule has 0 radical (unpaired) electrons. The van der Waals surface area contributed by atoms with Crippen molar-refractivity contribution in [2.75, 3.05) is 4.90 Å². The minimum Gasteiger partial charge on any atom is -0.375 e. The maximum Gasteiger partial charge on any atom is 0.333 e. The summed E-state index contributed by atoms with van der Waals surface area (Å²) >= 11 is 1.91. The van der Waals surface area contributed by atoms with Crippen LogP contribution in [0.3, 0.4) is 0 Å². The van der Waals surface area contributed by atoms with Gasteiger partial charge in [0.05, 0.1) is 5.69 Å². The van der Waals surface area contributed by atoms with Crippen molar-refractivity contribution in [2.24, 2.45) is 0 Å². The molecule has 0 spiro atoms. The smallest absolute Gasteiger partial charge is 0.333 e. The normalized spacial score (nSPS) is 14.2. The molecule has 196 valence electrons. The van der Waals surface area contributed by atoms with E-state index in [1.807, 2.05) is 11.3 Å². The maximum absolute atomic E-state index is 2.67.